The van der Waals surface area contributed by atoms with E-state index in [9.17, 15) is 19.4 Å². The molecule has 3 heterocycles. The highest BCUT2D eigenvalue weighted by atomic mass is 35.5. The Bertz CT molecular complexity index is 1240. The van der Waals surface area contributed by atoms with Crippen molar-refractivity contribution in [2.24, 2.45) is 5.92 Å². The van der Waals surface area contributed by atoms with Gasteiger partial charge in [-0.2, -0.15) is 10.1 Å². The molecule has 9 nitrogen and oxygen atoms in total. The highest BCUT2D eigenvalue weighted by molar-refractivity contribution is 7.45. The van der Waals surface area contributed by atoms with Crippen LogP contribution in [0.15, 0.2) is 41.3 Å². The molecule has 2 aromatic heterocycles. The first-order valence-corrected chi connectivity index (χ1v) is 12.8. The number of Topliss-reactive ketones (excluding diaryl/α,β-unsaturated/α-hetero) is 1. The summed E-state index contributed by atoms with van der Waals surface area (Å²) in [4.78, 5) is 51.2. The standard InChI is InChI=1S/C23H26ClN4O5P/c1-33-20-12-17-13-25-28(14-19(29)16-3-2-4-18(24)11-16)23(30)21(17)22(26-20)27-8-5-15(6-9-27)7-10-34(31)32/h2-4,11-13,15,31-32H,5-10,14H2,1H3. The zero-order valence-corrected chi connectivity index (χ0v) is 20.4. The van der Waals surface area contributed by atoms with Crippen LogP contribution in [-0.4, -0.2) is 56.7 Å². The van der Waals surface area contributed by atoms with E-state index in [1.54, 1.807) is 36.5 Å². The molecule has 0 saturated carbocycles. The summed E-state index contributed by atoms with van der Waals surface area (Å²) in [5.74, 6) is 1.01. The lowest BCUT2D eigenvalue weighted by Crippen LogP contribution is -2.36. The van der Waals surface area contributed by atoms with Crippen LogP contribution >= 0.6 is 20.0 Å². The van der Waals surface area contributed by atoms with Crippen molar-refractivity contribution in [3.63, 3.8) is 0 Å². The normalized spacial score (nSPS) is 14.7. The van der Waals surface area contributed by atoms with Gasteiger partial charge in [-0.05, 0) is 37.3 Å². The van der Waals surface area contributed by atoms with Gasteiger partial charge in [0.1, 0.15) is 12.4 Å². The molecular weight excluding hydrogens is 479 g/mol. The second-order valence-electron chi connectivity index (χ2n) is 8.31. The smallest absolute Gasteiger partial charge is 0.278 e. The molecule has 180 valence electrons. The fourth-order valence-corrected chi connectivity index (χ4v) is 5.01. The molecule has 3 aromatic rings. The SMILES string of the molecule is COc1cc2cnn(CC(=O)c3cccc(Cl)c3)c(=O)c2c(N2CCC(CCP(O)O)CC2)n1. The average molecular weight is 505 g/mol. The number of benzene rings is 1. The first-order chi connectivity index (χ1) is 16.4. The van der Waals surface area contributed by atoms with Crippen LogP contribution in [-0.2, 0) is 6.54 Å². The Balaban J connectivity index is 1.64. The van der Waals surface area contributed by atoms with Crippen LogP contribution in [0.3, 0.4) is 0 Å². The van der Waals surface area contributed by atoms with Gasteiger partial charge in [-0.3, -0.25) is 9.59 Å². The highest BCUT2D eigenvalue weighted by Gasteiger charge is 2.25. The van der Waals surface area contributed by atoms with Gasteiger partial charge in [0, 0.05) is 41.3 Å². The van der Waals surface area contributed by atoms with E-state index in [0.717, 1.165) is 23.9 Å². The number of rotatable bonds is 8. The second kappa shape index (κ2) is 10.8. The number of carbonyl (C=O) groups is 1. The van der Waals surface area contributed by atoms with Crippen LogP contribution in [0.25, 0.3) is 10.8 Å². The molecule has 4 rings (SSSR count). The Morgan fingerprint density at radius 1 is 1.26 bits per heavy atom. The van der Waals surface area contributed by atoms with Gasteiger partial charge in [0.2, 0.25) is 5.88 Å². The average Bonchev–Trinajstić information content (AvgIpc) is 2.84. The molecule has 0 spiro atoms. The van der Waals surface area contributed by atoms with Gasteiger partial charge >= 0.3 is 0 Å². The van der Waals surface area contributed by atoms with Crippen molar-refractivity contribution in [2.75, 3.05) is 31.3 Å². The Hall–Kier alpha value is -2.58. The summed E-state index contributed by atoms with van der Waals surface area (Å²) in [6, 6.07) is 8.24. The number of anilines is 1. The fourth-order valence-electron chi connectivity index (χ4n) is 4.23. The molecule has 11 heteroatoms. The lowest BCUT2D eigenvalue weighted by atomic mass is 9.94. The van der Waals surface area contributed by atoms with E-state index in [0.29, 0.717) is 58.2 Å². The highest BCUT2D eigenvalue weighted by Crippen LogP contribution is 2.33. The molecule has 1 aromatic carbocycles. The Morgan fingerprint density at radius 2 is 2.03 bits per heavy atom. The molecule has 1 aliphatic rings. The molecular formula is C23H26ClN4O5P. The molecule has 1 fully saturated rings. The molecule has 1 aliphatic heterocycles. The van der Waals surface area contributed by atoms with Gasteiger partial charge in [-0.1, -0.05) is 23.7 Å². The monoisotopic (exact) mass is 504 g/mol. The van der Waals surface area contributed by atoms with Crippen LogP contribution in [0, 0.1) is 5.92 Å². The van der Waals surface area contributed by atoms with Gasteiger partial charge in [0.15, 0.2) is 14.2 Å². The van der Waals surface area contributed by atoms with E-state index in [1.165, 1.54) is 7.11 Å². The van der Waals surface area contributed by atoms with Crippen LogP contribution in [0.4, 0.5) is 5.82 Å². The van der Waals surface area contributed by atoms with Crippen LogP contribution in [0.1, 0.15) is 29.6 Å². The maximum atomic E-state index is 13.4. The minimum atomic E-state index is -1.87. The lowest BCUT2D eigenvalue weighted by molar-refractivity contribution is 0.0966. The summed E-state index contributed by atoms with van der Waals surface area (Å²) >= 11 is 6.00. The topological polar surface area (TPSA) is 118 Å². The first kappa shape index (κ1) is 24.5. The van der Waals surface area contributed by atoms with Crippen LogP contribution in [0.2, 0.25) is 5.02 Å². The zero-order chi connectivity index (χ0) is 24.2. The van der Waals surface area contributed by atoms with E-state index >= 15 is 0 Å². The van der Waals surface area contributed by atoms with E-state index in [2.05, 4.69) is 10.1 Å². The number of fused-ring (bicyclic) bond motifs is 1. The second-order valence-corrected chi connectivity index (χ2v) is 9.94. The molecule has 1 saturated heterocycles. The molecule has 0 atom stereocenters. The van der Waals surface area contributed by atoms with E-state index in [1.807, 2.05) is 4.90 Å². The van der Waals surface area contributed by atoms with Crippen molar-refractivity contribution in [2.45, 2.75) is 25.8 Å². The fraction of sp³-hybridized carbons (Fsp3) is 0.391. The number of methoxy groups -OCH3 is 1. The largest absolute Gasteiger partial charge is 0.481 e. The number of carbonyl (C=O) groups excluding carboxylic acids is 1. The van der Waals surface area contributed by atoms with Crippen molar-refractivity contribution >= 4 is 42.3 Å². The minimum absolute atomic E-state index is 0.214. The van der Waals surface area contributed by atoms with Crippen molar-refractivity contribution in [3.8, 4) is 5.88 Å². The number of ketones is 1. The predicted molar refractivity (Wildman–Crippen MR) is 132 cm³/mol. The third-order valence-electron chi connectivity index (χ3n) is 6.09. The van der Waals surface area contributed by atoms with E-state index < -0.39 is 13.9 Å². The first-order valence-electron chi connectivity index (χ1n) is 11.0. The van der Waals surface area contributed by atoms with Crippen LogP contribution < -0.4 is 15.2 Å². The van der Waals surface area contributed by atoms with Gasteiger partial charge in [0.25, 0.3) is 5.56 Å². The van der Waals surface area contributed by atoms with Gasteiger partial charge in [0.05, 0.1) is 18.7 Å². The quantitative estimate of drug-likeness (QED) is 0.354. The zero-order valence-electron chi connectivity index (χ0n) is 18.7. The van der Waals surface area contributed by atoms with Crippen molar-refractivity contribution in [3.05, 3.63) is 57.5 Å². The van der Waals surface area contributed by atoms with Crippen LogP contribution in [0.5, 0.6) is 5.88 Å². The molecule has 0 bridgehead atoms. The number of nitrogens with zero attached hydrogens (tertiary/aromatic N) is 4. The summed E-state index contributed by atoms with van der Waals surface area (Å²) in [6.07, 6.45) is 4.44. The van der Waals surface area contributed by atoms with Crippen molar-refractivity contribution < 1.29 is 19.3 Å². The van der Waals surface area contributed by atoms with Crippen molar-refractivity contribution in [1.29, 1.82) is 0 Å². The maximum Gasteiger partial charge on any atom is 0.278 e. The van der Waals surface area contributed by atoms with Gasteiger partial charge in [-0.25, -0.2) is 4.68 Å². The summed E-state index contributed by atoms with van der Waals surface area (Å²) in [7, 11) is -0.355. The molecule has 0 unspecified atom stereocenters. The molecule has 0 radical (unpaired) electrons. The molecule has 0 amide bonds. The van der Waals surface area contributed by atoms with Crippen molar-refractivity contribution in [1.82, 2.24) is 14.8 Å². The Kier molecular flexibility index (Phi) is 7.78. The van der Waals surface area contributed by atoms with E-state index in [-0.39, 0.29) is 12.3 Å². The molecule has 34 heavy (non-hydrogen) atoms. The number of ether oxygens (including phenoxy) is 1. The third kappa shape index (κ3) is 5.55. The number of pyridine rings is 1. The summed E-state index contributed by atoms with van der Waals surface area (Å²) < 4.78 is 6.50. The van der Waals surface area contributed by atoms with Gasteiger partial charge in [-0.15, -0.1) is 0 Å². The lowest BCUT2D eigenvalue weighted by Gasteiger charge is -2.33. The number of hydrogen-bond donors (Lipinski definition) is 2. The molecule has 2 N–H and O–H groups in total. The summed E-state index contributed by atoms with van der Waals surface area (Å²) in [5, 5.41) is 5.64. The Morgan fingerprint density at radius 3 is 2.71 bits per heavy atom. The predicted octanol–water partition coefficient (Wildman–Crippen LogP) is 3.24. The maximum absolute atomic E-state index is 13.4. The summed E-state index contributed by atoms with van der Waals surface area (Å²) in [5.41, 5.74) is 0.0113. The van der Waals surface area contributed by atoms with Gasteiger partial charge < -0.3 is 19.4 Å². The summed E-state index contributed by atoms with van der Waals surface area (Å²) in [6.45, 7) is 1.14. The van der Waals surface area contributed by atoms with E-state index in [4.69, 9.17) is 16.3 Å². The number of piperidine rings is 1. The number of halogens is 1. The third-order valence-corrected chi connectivity index (χ3v) is 6.99. The number of hydrogen-bond acceptors (Lipinski definition) is 8. The Labute approximate surface area is 202 Å². The minimum Gasteiger partial charge on any atom is -0.481 e. The number of aromatic nitrogens is 3. The molecule has 0 aliphatic carbocycles.